The molecule has 3 nitrogen and oxygen atoms in total. The van der Waals surface area contributed by atoms with E-state index >= 15 is 0 Å². The monoisotopic (exact) mass is 224 g/mol. The molecule has 0 unspecified atom stereocenters. The molecule has 0 aliphatic carbocycles. The number of hydrogen-bond acceptors (Lipinski definition) is 3. The van der Waals surface area contributed by atoms with Gasteiger partial charge in [0, 0.05) is 17.1 Å². The minimum absolute atomic E-state index is 0.628. The van der Waals surface area contributed by atoms with Crippen LogP contribution in [0.2, 0.25) is 0 Å². The third-order valence-corrected chi connectivity index (χ3v) is 2.79. The van der Waals surface area contributed by atoms with Crippen molar-refractivity contribution in [3.8, 4) is 11.3 Å². The van der Waals surface area contributed by atoms with Crippen LogP contribution >= 0.6 is 0 Å². The molecule has 2 N–H and O–H groups in total. The number of nitrogens with zero attached hydrogens (tertiary/aromatic N) is 1. The highest BCUT2D eigenvalue weighted by atomic mass is 16.3. The number of aromatic nitrogens is 1. The van der Waals surface area contributed by atoms with Gasteiger partial charge < -0.3 is 10.2 Å². The van der Waals surface area contributed by atoms with Crippen LogP contribution in [0.25, 0.3) is 22.3 Å². The highest BCUT2D eigenvalue weighted by Gasteiger charge is 2.08. The van der Waals surface area contributed by atoms with Crippen LogP contribution in [0.3, 0.4) is 0 Å². The normalized spacial score (nSPS) is 10.9. The lowest BCUT2D eigenvalue weighted by Gasteiger charge is -1.99. The molecule has 0 radical (unpaired) electrons. The summed E-state index contributed by atoms with van der Waals surface area (Å²) in [6.45, 7) is 2.06. The zero-order valence-corrected chi connectivity index (χ0v) is 9.47. The summed E-state index contributed by atoms with van der Waals surface area (Å²) >= 11 is 0. The first kappa shape index (κ1) is 9.90. The van der Waals surface area contributed by atoms with Crippen LogP contribution in [0, 0.1) is 6.92 Å². The van der Waals surface area contributed by atoms with Gasteiger partial charge in [-0.15, -0.1) is 0 Å². The van der Waals surface area contributed by atoms with Crippen molar-refractivity contribution in [2.75, 3.05) is 5.73 Å². The Kier molecular flexibility index (Phi) is 2.11. The lowest BCUT2D eigenvalue weighted by molar-refractivity contribution is 0.631. The van der Waals surface area contributed by atoms with E-state index in [1.807, 2.05) is 24.3 Å². The number of nitrogens with two attached hydrogens (primary N) is 1. The molecule has 3 rings (SSSR count). The van der Waals surface area contributed by atoms with E-state index in [2.05, 4.69) is 18.0 Å². The highest BCUT2D eigenvalue weighted by molar-refractivity contribution is 5.85. The van der Waals surface area contributed by atoms with E-state index in [9.17, 15) is 0 Å². The molecule has 0 bridgehead atoms. The molecule has 84 valence electrons. The van der Waals surface area contributed by atoms with Crippen molar-refractivity contribution in [3.05, 3.63) is 48.3 Å². The third kappa shape index (κ3) is 1.65. The molecule has 0 fully saturated rings. The standard InChI is InChI=1S/C14H12N2O/c1-9-2-3-13-10(6-9)7-14(17-13)11-4-5-16-8-12(11)15/h2-8H,15H2,1H3. The molecular formula is C14H12N2O. The second-order valence-corrected chi connectivity index (χ2v) is 4.11. The van der Waals surface area contributed by atoms with E-state index < -0.39 is 0 Å². The number of fused-ring (bicyclic) bond motifs is 1. The van der Waals surface area contributed by atoms with Crippen LogP contribution in [-0.4, -0.2) is 4.98 Å². The second-order valence-electron chi connectivity index (χ2n) is 4.11. The first-order valence-electron chi connectivity index (χ1n) is 5.44. The molecule has 2 heterocycles. The fourth-order valence-corrected chi connectivity index (χ4v) is 1.93. The smallest absolute Gasteiger partial charge is 0.137 e. The van der Waals surface area contributed by atoms with E-state index in [4.69, 9.17) is 10.2 Å². The molecule has 0 atom stereocenters. The molecule has 0 spiro atoms. The van der Waals surface area contributed by atoms with Crippen molar-refractivity contribution in [2.24, 2.45) is 0 Å². The van der Waals surface area contributed by atoms with E-state index in [1.165, 1.54) is 5.56 Å². The van der Waals surface area contributed by atoms with Crippen LogP contribution in [0.4, 0.5) is 5.69 Å². The number of furan rings is 1. The van der Waals surface area contributed by atoms with Gasteiger partial charge in [-0.1, -0.05) is 11.6 Å². The van der Waals surface area contributed by atoms with Crippen LogP contribution < -0.4 is 5.73 Å². The summed E-state index contributed by atoms with van der Waals surface area (Å²) in [5.41, 5.74) is 9.49. The summed E-state index contributed by atoms with van der Waals surface area (Å²) in [6.07, 6.45) is 3.35. The zero-order chi connectivity index (χ0) is 11.8. The maximum absolute atomic E-state index is 5.88. The van der Waals surface area contributed by atoms with E-state index in [0.29, 0.717) is 5.69 Å². The molecule has 0 aliphatic rings. The molecule has 0 saturated carbocycles. The van der Waals surface area contributed by atoms with Crippen LogP contribution in [0.15, 0.2) is 47.1 Å². The van der Waals surface area contributed by atoms with Crippen LogP contribution in [-0.2, 0) is 0 Å². The summed E-state index contributed by atoms with van der Waals surface area (Å²) < 4.78 is 5.78. The Morgan fingerprint density at radius 3 is 2.88 bits per heavy atom. The molecule has 0 aliphatic heterocycles. The van der Waals surface area contributed by atoms with Gasteiger partial charge in [-0.25, -0.2) is 0 Å². The molecule has 17 heavy (non-hydrogen) atoms. The summed E-state index contributed by atoms with van der Waals surface area (Å²) in [5.74, 6) is 0.783. The maximum atomic E-state index is 5.88. The minimum atomic E-state index is 0.628. The fourth-order valence-electron chi connectivity index (χ4n) is 1.93. The number of anilines is 1. The Morgan fingerprint density at radius 2 is 2.06 bits per heavy atom. The first-order chi connectivity index (χ1) is 8.24. The van der Waals surface area contributed by atoms with Gasteiger partial charge in [-0.05, 0) is 31.2 Å². The van der Waals surface area contributed by atoms with E-state index in [0.717, 1.165) is 22.3 Å². The molecule has 3 aromatic rings. The average molecular weight is 224 g/mol. The van der Waals surface area contributed by atoms with Crippen LogP contribution in [0.5, 0.6) is 0 Å². The number of nitrogen functional groups attached to an aromatic ring is 1. The van der Waals surface area contributed by atoms with Crippen molar-refractivity contribution in [1.82, 2.24) is 4.98 Å². The van der Waals surface area contributed by atoms with Gasteiger partial charge in [-0.3, -0.25) is 4.98 Å². The van der Waals surface area contributed by atoms with Crippen molar-refractivity contribution < 1.29 is 4.42 Å². The number of rotatable bonds is 1. The lowest BCUT2D eigenvalue weighted by atomic mass is 10.1. The zero-order valence-electron chi connectivity index (χ0n) is 9.47. The van der Waals surface area contributed by atoms with Crippen molar-refractivity contribution in [2.45, 2.75) is 6.92 Å². The number of hydrogen-bond donors (Lipinski definition) is 1. The average Bonchev–Trinajstić information content (AvgIpc) is 2.72. The van der Waals surface area contributed by atoms with Gasteiger partial charge in [0.15, 0.2) is 0 Å². The quantitative estimate of drug-likeness (QED) is 0.689. The number of benzene rings is 1. The van der Waals surface area contributed by atoms with Gasteiger partial charge in [-0.2, -0.15) is 0 Å². The molecule has 2 aromatic heterocycles. The Labute approximate surface area is 98.9 Å². The molecule has 0 saturated heterocycles. The molecule has 0 amide bonds. The SMILES string of the molecule is Cc1ccc2oc(-c3ccncc3N)cc2c1. The lowest BCUT2D eigenvalue weighted by Crippen LogP contribution is -1.89. The van der Waals surface area contributed by atoms with Gasteiger partial charge >= 0.3 is 0 Å². The maximum Gasteiger partial charge on any atom is 0.137 e. The van der Waals surface area contributed by atoms with Gasteiger partial charge in [0.1, 0.15) is 11.3 Å². The topological polar surface area (TPSA) is 52.0 Å². The van der Waals surface area contributed by atoms with E-state index in [-0.39, 0.29) is 0 Å². The number of pyridine rings is 1. The van der Waals surface area contributed by atoms with Crippen molar-refractivity contribution in [3.63, 3.8) is 0 Å². The Morgan fingerprint density at radius 1 is 1.18 bits per heavy atom. The van der Waals surface area contributed by atoms with Gasteiger partial charge in [0.25, 0.3) is 0 Å². The summed E-state index contributed by atoms with van der Waals surface area (Å²) in [5, 5.41) is 1.09. The van der Waals surface area contributed by atoms with Crippen molar-refractivity contribution >= 4 is 16.7 Å². The Hall–Kier alpha value is -2.29. The van der Waals surface area contributed by atoms with Gasteiger partial charge in [0.05, 0.1) is 11.9 Å². The Balaban J connectivity index is 2.22. The number of aryl methyl sites for hydroxylation is 1. The predicted molar refractivity (Wildman–Crippen MR) is 68.6 cm³/mol. The highest BCUT2D eigenvalue weighted by Crippen LogP contribution is 2.31. The summed E-state index contributed by atoms with van der Waals surface area (Å²) in [4.78, 5) is 3.97. The summed E-state index contributed by atoms with van der Waals surface area (Å²) in [7, 11) is 0. The van der Waals surface area contributed by atoms with E-state index in [1.54, 1.807) is 12.4 Å². The third-order valence-electron chi connectivity index (χ3n) is 2.79. The largest absolute Gasteiger partial charge is 0.456 e. The second kappa shape index (κ2) is 3.63. The van der Waals surface area contributed by atoms with Crippen LogP contribution in [0.1, 0.15) is 5.56 Å². The summed E-state index contributed by atoms with van der Waals surface area (Å²) in [6, 6.07) is 9.98. The van der Waals surface area contributed by atoms with Crippen molar-refractivity contribution in [1.29, 1.82) is 0 Å². The molecule has 3 heteroatoms. The molecule has 1 aromatic carbocycles. The molecular weight excluding hydrogens is 212 g/mol. The fraction of sp³-hybridized carbons (Fsp3) is 0.0714. The minimum Gasteiger partial charge on any atom is -0.456 e. The Bertz CT molecular complexity index is 686. The first-order valence-corrected chi connectivity index (χ1v) is 5.44. The van der Waals surface area contributed by atoms with Gasteiger partial charge in [0.2, 0.25) is 0 Å². The predicted octanol–water partition coefficient (Wildman–Crippen LogP) is 3.39.